The van der Waals surface area contributed by atoms with Crippen molar-refractivity contribution in [3.8, 4) is 0 Å². The van der Waals surface area contributed by atoms with E-state index in [0.29, 0.717) is 5.02 Å². The predicted octanol–water partition coefficient (Wildman–Crippen LogP) is 4.13. The van der Waals surface area contributed by atoms with Crippen molar-refractivity contribution in [3.05, 3.63) is 52.0 Å². The molecule has 10 heteroatoms. The summed E-state index contributed by atoms with van der Waals surface area (Å²) in [6, 6.07) is 8.31. The van der Waals surface area contributed by atoms with E-state index < -0.39 is 20.0 Å². The second-order valence-electron chi connectivity index (χ2n) is 5.75. The molecule has 0 saturated heterocycles. The highest BCUT2D eigenvalue weighted by Crippen LogP contribution is 2.29. The lowest BCUT2D eigenvalue weighted by Gasteiger charge is -2.20. The summed E-state index contributed by atoms with van der Waals surface area (Å²) in [6.07, 6.45) is 0. The molecule has 0 saturated carbocycles. The van der Waals surface area contributed by atoms with Gasteiger partial charge in [-0.2, -0.15) is 4.31 Å². The molecule has 0 radical (unpaired) electrons. The molecule has 0 atom stereocenters. The van der Waals surface area contributed by atoms with Crippen LogP contribution in [0.15, 0.2) is 46.2 Å². The van der Waals surface area contributed by atoms with Crippen molar-refractivity contribution in [2.45, 2.75) is 30.6 Å². The van der Waals surface area contributed by atoms with Crippen LogP contribution in [0.3, 0.4) is 0 Å². The second-order valence-corrected chi connectivity index (χ2v) is 10.2. The summed E-state index contributed by atoms with van der Waals surface area (Å²) < 4.78 is 54.3. The smallest absolute Gasteiger partial charge is 0.261 e. The Bertz CT molecular complexity index is 1050. The van der Waals surface area contributed by atoms with E-state index in [2.05, 4.69) is 4.72 Å². The molecule has 0 fully saturated rings. The van der Waals surface area contributed by atoms with Gasteiger partial charge in [-0.25, -0.2) is 16.8 Å². The normalized spacial score (nSPS) is 12.4. The number of aryl methyl sites for hydroxylation is 1. The van der Waals surface area contributed by atoms with E-state index in [1.807, 2.05) is 0 Å². The van der Waals surface area contributed by atoms with Crippen molar-refractivity contribution >= 4 is 48.9 Å². The molecule has 27 heavy (non-hydrogen) atoms. The fourth-order valence-electron chi connectivity index (χ4n) is 2.42. The summed E-state index contributed by atoms with van der Waals surface area (Å²) in [5.41, 5.74) is 0.830. The Hall–Kier alpha value is -1.32. The summed E-state index contributed by atoms with van der Waals surface area (Å²) in [7, 11) is -7.79. The molecule has 0 aliphatic carbocycles. The van der Waals surface area contributed by atoms with Gasteiger partial charge in [0, 0.05) is 18.1 Å². The van der Waals surface area contributed by atoms with Crippen molar-refractivity contribution in [2.24, 2.45) is 0 Å². The van der Waals surface area contributed by atoms with Gasteiger partial charge >= 0.3 is 0 Å². The zero-order valence-corrected chi connectivity index (χ0v) is 18.2. The third kappa shape index (κ3) is 4.75. The molecule has 0 aliphatic rings. The van der Waals surface area contributed by atoms with Gasteiger partial charge in [0.2, 0.25) is 10.0 Å². The van der Waals surface area contributed by atoms with Crippen LogP contribution in [0.1, 0.15) is 19.4 Å². The van der Waals surface area contributed by atoms with Crippen LogP contribution in [-0.4, -0.2) is 34.2 Å². The minimum atomic E-state index is -3.95. The number of halogens is 2. The van der Waals surface area contributed by atoms with Gasteiger partial charge in [0.25, 0.3) is 10.0 Å². The molecule has 0 amide bonds. The lowest BCUT2D eigenvalue weighted by atomic mass is 10.2. The molecular weight excluding hydrogens is 431 g/mol. The molecule has 0 unspecified atom stereocenters. The Morgan fingerprint density at radius 3 is 2.11 bits per heavy atom. The number of nitrogens with zero attached hydrogens (tertiary/aromatic N) is 1. The van der Waals surface area contributed by atoms with Crippen molar-refractivity contribution in [1.29, 1.82) is 0 Å². The minimum absolute atomic E-state index is 0.0169. The monoisotopic (exact) mass is 450 g/mol. The number of sulfonamides is 2. The zero-order valence-electron chi connectivity index (χ0n) is 15.0. The average molecular weight is 451 g/mol. The van der Waals surface area contributed by atoms with Crippen LogP contribution in [0.25, 0.3) is 0 Å². The van der Waals surface area contributed by atoms with Gasteiger partial charge in [-0.15, -0.1) is 0 Å². The SMILES string of the molecule is CCN(CC)S(=O)(=O)c1cc(NS(=O)(=O)c2ccc(C)c(Cl)c2)ccc1Cl. The van der Waals surface area contributed by atoms with Crippen LogP contribution in [0.2, 0.25) is 10.0 Å². The second kappa shape index (κ2) is 8.36. The minimum Gasteiger partial charge on any atom is -0.280 e. The maximum atomic E-state index is 12.7. The van der Waals surface area contributed by atoms with E-state index in [-0.39, 0.29) is 33.6 Å². The number of nitrogens with one attached hydrogen (secondary N) is 1. The lowest BCUT2D eigenvalue weighted by Crippen LogP contribution is -2.30. The first-order chi connectivity index (χ1) is 12.5. The molecule has 148 valence electrons. The Morgan fingerprint density at radius 2 is 1.56 bits per heavy atom. The fraction of sp³-hybridized carbons (Fsp3) is 0.294. The number of anilines is 1. The molecule has 0 aromatic heterocycles. The fourth-order valence-corrected chi connectivity index (χ4v) is 5.70. The van der Waals surface area contributed by atoms with Crippen LogP contribution in [-0.2, 0) is 20.0 Å². The molecule has 0 bridgehead atoms. The summed E-state index contributed by atoms with van der Waals surface area (Å²) in [6.45, 7) is 5.72. The van der Waals surface area contributed by atoms with Crippen molar-refractivity contribution in [3.63, 3.8) is 0 Å². The standard InChI is InChI=1S/C17H20Cl2N2O4S2/c1-4-21(5-2)27(24,25)17-10-13(7-9-15(17)18)20-26(22,23)14-8-6-12(3)16(19)11-14/h6-11,20H,4-5H2,1-3H3. The van der Waals surface area contributed by atoms with Gasteiger partial charge in [-0.3, -0.25) is 4.72 Å². The number of benzene rings is 2. The first kappa shape index (κ1) is 22.0. The highest BCUT2D eigenvalue weighted by Gasteiger charge is 2.25. The number of hydrogen-bond acceptors (Lipinski definition) is 4. The third-order valence-electron chi connectivity index (χ3n) is 3.96. The quantitative estimate of drug-likeness (QED) is 0.686. The molecule has 0 heterocycles. The van der Waals surface area contributed by atoms with Crippen molar-refractivity contribution < 1.29 is 16.8 Å². The summed E-state index contributed by atoms with van der Waals surface area (Å²) >= 11 is 12.1. The molecule has 2 aromatic rings. The van der Waals surface area contributed by atoms with Crippen LogP contribution in [0, 0.1) is 6.92 Å². The van der Waals surface area contributed by atoms with Crippen molar-refractivity contribution in [2.75, 3.05) is 17.8 Å². The van der Waals surface area contributed by atoms with Gasteiger partial charge in [-0.05, 0) is 42.8 Å². The topological polar surface area (TPSA) is 83.6 Å². The summed E-state index contributed by atoms with van der Waals surface area (Å²) in [5, 5.41) is 0.335. The van der Waals surface area contributed by atoms with Gasteiger partial charge in [0.05, 0.1) is 15.6 Å². The molecule has 0 spiro atoms. The highest BCUT2D eigenvalue weighted by molar-refractivity contribution is 7.92. The van der Waals surface area contributed by atoms with E-state index >= 15 is 0 Å². The van der Waals surface area contributed by atoms with Crippen LogP contribution < -0.4 is 4.72 Å². The molecule has 2 rings (SSSR count). The number of hydrogen-bond donors (Lipinski definition) is 1. The van der Waals surface area contributed by atoms with E-state index in [1.165, 1.54) is 34.6 Å². The Labute approximate surface area is 170 Å². The molecule has 1 N–H and O–H groups in total. The van der Waals surface area contributed by atoms with E-state index in [0.717, 1.165) is 5.56 Å². The van der Waals surface area contributed by atoms with Gasteiger partial charge in [0.1, 0.15) is 4.90 Å². The van der Waals surface area contributed by atoms with E-state index in [4.69, 9.17) is 23.2 Å². The Morgan fingerprint density at radius 1 is 0.926 bits per heavy atom. The Kier molecular flexibility index (Phi) is 6.81. The zero-order chi connectivity index (χ0) is 20.4. The highest BCUT2D eigenvalue weighted by atomic mass is 35.5. The average Bonchev–Trinajstić information content (AvgIpc) is 2.59. The Balaban J connectivity index is 2.45. The van der Waals surface area contributed by atoms with Crippen LogP contribution in [0.5, 0.6) is 0 Å². The first-order valence-corrected chi connectivity index (χ1v) is 11.8. The van der Waals surface area contributed by atoms with E-state index in [9.17, 15) is 16.8 Å². The van der Waals surface area contributed by atoms with Crippen molar-refractivity contribution in [1.82, 2.24) is 4.31 Å². The largest absolute Gasteiger partial charge is 0.280 e. The van der Waals surface area contributed by atoms with Crippen LogP contribution >= 0.6 is 23.2 Å². The molecule has 0 aliphatic heterocycles. The molecule has 2 aromatic carbocycles. The molecule has 6 nitrogen and oxygen atoms in total. The van der Waals surface area contributed by atoms with Crippen LogP contribution in [0.4, 0.5) is 5.69 Å². The predicted molar refractivity (Wildman–Crippen MR) is 109 cm³/mol. The van der Waals surface area contributed by atoms with Gasteiger partial charge in [0.15, 0.2) is 0 Å². The van der Waals surface area contributed by atoms with Gasteiger partial charge < -0.3 is 0 Å². The van der Waals surface area contributed by atoms with E-state index in [1.54, 1.807) is 26.8 Å². The van der Waals surface area contributed by atoms with Gasteiger partial charge in [-0.1, -0.05) is 43.1 Å². The first-order valence-electron chi connectivity index (χ1n) is 8.11. The number of rotatable bonds is 7. The third-order valence-corrected chi connectivity index (χ3v) is 8.28. The maximum absolute atomic E-state index is 12.7. The summed E-state index contributed by atoms with van der Waals surface area (Å²) in [4.78, 5) is -0.184. The summed E-state index contributed by atoms with van der Waals surface area (Å²) in [5.74, 6) is 0. The lowest BCUT2D eigenvalue weighted by molar-refractivity contribution is 0.445. The maximum Gasteiger partial charge on any atom is 0.261 e. The molecular formula is C17H20Cl2N2O4S2.